The third-order valence-electron chi connectivity index (χ3n) is 3.21. The van der Waals surface area contributed by atoms with Crippen molar-refractivity contribution in [3.63, 3.8) is 0 Å². The minimum atomic E-state index is -0.303. The van der Waals surface area contributed by atoms with Gasteiger partial charge >= 0.3 is 5.97 Å². The highest BCUT2D eigenvalue weighted by Gasteiger charge is 2.17. The molecule has 0 N–H and O–H groups in total. The fourth-order valence-corrected chi connectivity index (χ4v) is 2.20. The lowest BCUT2D eigenvalue weighted by atomic mass is 10.00. The first-order chi connectivity index (χ1) is 9.69. The maximum Gasteiger partial charge on any atom is 0.335 e. The molecule has 0 aliphatic carbocycles. The number of nitrogens with zero attached hydrogens (tertiary/aromatic N) is 1. The van der Waals surface area contributed by atoms with Gasteiger partial charge in [0.2, 0.25) is 0 Å². The molecule has 106 valence electrons. The molecule has 1 aliphatic rings. The topological polar surface area (TPSA) is 47.9 Å². The van der Waals surface area contributed by atoms with Gasteiger partial charge in [-0.2, -0.15) is 0 Å². The molecule has 2 rings (SSSR count). The van der Waals surface area contributed by atoms with Gasteiger partial charge in [0.15, 0.2) is 0 Å². The number of rotatable bonds is 4. The van der Waals surface area contributed by atoms with Crippen LogP contribution in [0.25, 0.3) is 6.08 Å². The molecular weight excluding hydrogens is 254 g/mol. The number of fused-ring (bicyclic) bond motifs is 1. The zero-order chi connectivity index (χ0) is 14.5. The zero-order valence-corrected chi connectivity index (χ0v) is 12.1. The monoisotopic (exact) mass is 273 g/mol. The quantitative estimate of drug-likeness (QED) is 0.792. The summed E-state index contributed by atoms with van der Waals surface area (Å²) in [5, 5.41) is 0. The molecule has 0 unspecified atom stereocenters. The van der Waals surface area contributed by atoms with Gasteiger partial charge in [0.25, 0.3) is 0 Å². The van der Waals surface area contributed by atoms with Gasteiger partial charge in [-0.25, -0.2) is 4.79 Å². The molecule has 0 amide bonds. The Balaban J connectivity index is 2.48. The highest BCUT2D eigenvalue weighted by atomic mass is 16.5. The van der Waals surface area contributed by atoms with Gasteiger partial charge < -0.3 is 9.47 Å². The fraction of sp³-hybridized carbons (Fsp3) is 0.375. The Hall–Kier alpha value is -2.10. The summed E-state index contributed by atoms with van der Waals surface area (Å²) in [6.45, 7) is 4.58. The molecule has 4 heteroatoms. The van der Waals surface area contributed by atoms with E-state index in [0.717, 1.165) is 29.0 Å². The molecule has 1 aliphatic heterocycles. The Morgan fingerprint density at radius 3 is 2.80 bits per heavy atom. The third kappa shape index (κ3) is 2.90. The number of hydrogen-bond donors (Lipinski definition) is 0. The molecule has 1 heterocycles. The fourth-order valence-electron chi connectivity index (χ4n) is 2.20. The van der Waals surface area contributed by atoms with Crippen molar-refractivity contribution in [2.75, 3.05) is 20.3 Å². The van der Waals surface area contributed by atoms with E-state index in [1.165, 1.54) is 0 Å². The predicted octanol–water partition coefficient (Wildman–Crippen LogP) is 2.85. The summed E-state index contributed by atoms with van der Waals surface area (Å²) in [5.74, 6) is 0.461. The number of aliphatic imine (C=N–C) groups is 1. The number of methoxy groups -OCH3 is 1. The molecule has 0 bridgehead atoms. The summed E-state index contributed by atoms with van der Waals surface area (Å²) in [7, 11) is 1.63. The summed E-state index contributed by atoms with van der Waals surface area (Å²) in [6, 6.07) is 5.82. The molecule has 1 aromatic rings. The Bertz CT molecular complexity index is 573. The predicted molar refractivity (Wildman–Crippen MR) is 79.3 cm³/mol. The normalized spacial score (nSPS) is 13.8. The molecule has 1 aromatic carbocycles. The van der Waals surface area contributed by atoms with E-state index in [2.05, 4.69) is 11.9 Å². The van der Waals surface area contributed by atoms with Crippen LogP contribution in [0.3, 0.4) is 0 Å². The molecule has 0 saturated heterocycles. The molecule has 0 atom stereocenters. The number of esters is 1. The first-order valence-electron chi connectivity index (χ1n) is 6.79. The maximum atomic E-state index is 11.9. The van der Waals surface area contributed by atoms with Crippen LogP contribution in [0.4, 0.5) is 0 Å². The van der Waals surface area contributed by atoms with Crippen molar-refractivity contribution < 1.29 is 14.3 Å². The second-order valence-electron chi connectivity index (χ2n) is 4.46. The molecule has 4 nitrogen and oxygen atoms in total. The van der Waals surface area contributed by atoms with E-state index in [-0.39, 0.29) is 5.97 Å². The summed E-state index contributed by atoms with van der Waals surface area (Å²) in [4.78, 5) is 16.4. The van der Waals surface area contributed by atoms with E-state index in [9.17, 15) is 4.79 Å². The van der Waals surface area contributed by atoms with Gasteiger partial charge in [0.05, 0.1) is 25.8 Å². The molecule has 20 heavy (non-hydrogen) atoms. The van der Waals surface area contributed by atoms with Gasteiger partial charge in [0, 0.05) is 11.3 Å². The first kappa shape index (κ1) is 14.3. The van der Waals surface area contributed by atoms with Crippen molar-refractivity contribution >= 4 is 17.8 Å². The van der Waals surface area contributed by atoms with Crippen LogP contribution in [0, 0.1) is 0 Å². The van der Waals surface area contributed by atoms with E-state index in [1.807, 2.05) is 24.3 Å². The van der Waals surface area contributed by atoms with Gasteiger partial charge in [0.1, 0.15) is 5.75 Å². The van der Waals surface area contributed by atoms with Crippen molar-refractivity contribution in [2.24, 2.45) is 4.99 Å². The van der Waals surface area contributed by atoms with Crippen LogP contribution >= 0.6 is 0 Å². The van der Waals surface area contributed by atoms with Crippen LogP contribution in [-0.2, 0) is 9.53 Å². The lowest BCUT2D eigenvalue weighted by molar-refractivity contribution is -0.138. The SMILES string of the molecule is CCOC(=O)C1=Cc2cc(OC)ccc2C(CC)=NC1. The Labute approximate surface area is 119 Å². The van der Waals surface area contributed by atoms with E-state index in [1.54, 1.807) is 14.0 Å². The second-order valence-corrected chi connectivity index (χ2v) is 4.46. The summed E-state index contributed by atoms with van der Waals surface area (Å²) in [6.07, 6.45) is 2.67. The lowest BCUT2D eigenvalue weighted by Gasteiger charge is -2.08. The van der Waals surface area contributed by atoms with Gasteiger partial charge in [-0.05, 0) is 43.2 Å². The number of carbonyl (C=O) groups is 1. The highest BCUT2D eigenvalue weighted by Crippen LogP contribution is 2.24. The van der Waals surface area contributed by atoms with E-state index in [0.29, 0.717) is 18.7 Å². The zero-order valence-electron chi connectivity index (χ0n) is 12.1. The third-order valence-corrected chi connectivity index (χ3v) is 3.21. The van der Waals surface area contributed by atoms with E-state index >= 15 is 0 Å². The van der Waals surface area contributed by atoms with Crippen molar-refractivity contribution in [1.29, 1.82) is 0 Å². The molecule has 0 saturated carbocycles. The largest absolute Gasteiger partial charge is 0.497 e. The highest BCUT2D eigenvalue weighted by molar-refractivity contribution is 6.07. The first-order valence-corrected chi connectivity index (χ1v) is 6.79. The Kier molecular flexibility index (Phi) is 4.56. The van der Waals surface area contributed by atoms with Crippen molar-refractivity contribution in [3.8, 4) is 5.75 Å². The van der Waals surface area contributed by atoms with Gasteiger partial charge in [-0.3, -0.25) is 4.99 Å². The maximum absolute atomic E-state index is 11.9. The second kappa shape index (κ2) is 6.37. The molecule has 0 fully saturated rings. The molecule has 0 radical (unpaired) electrons. The van der Waals surface area contributed by atoms with Crippen LogP contribution in [0.15, 0.2) is 28.8 Å². The van der Waals surface area contributed by atoms with Crippen molar-refractivity contribution in [3.05, 3.63) is 34.9 Å². The smallest absolute Gasteiger partial charge is 0.335 e. The average molecular weight is 273 g/mol. The number of ether oxygens (including phenoxy) is 2. The minimum absolute atomic E-state index is 0.303. The number of carbonyl (C=O) groups excluding carboxylic acids is 1. The lowest BCUT2D eigenvalue weighted by Crippen LogP contribution is -2.09. The van der Waals surface area contributed by atoms with Crippen LogP contribution in [0.2, 0.25) is 0 Å². The van der Waals surface area contributed by atoms with Crippen molar-refractivity contribution in [1.82, 2.24) is 0 Å². The van der Waals surface area contributed by atoms with Crippen LogP contribution < -0.4 is 4.74 Å². The van der Waals surface area contributed by atoms with Crippen LogP contribution in [0.1, 0.15) is 31.4 Å². The summed E-state index contributed by atoms with van der Waals surface area (Å²) < 4.78 is 10.3. The van der Waals surface area contributed by atoms with E-state index < -0.39 is 0 Å². The van der Waals surface area contributed by atoms with Gasteiger partial charge in [-0.15, -0.1) is 0 Å². The average Bonchev–Trinajstić information content (AvgIpc) is 2.65. The minimum Gasteiger partial charge on any atom is -0.497 e. The number of hydrogen-bond acceptors (Lipinski definition) is 4. The van der Waals surface area contributed by atoms with Crippen LogP contribution in [0.5, 0.6) is 5.75 Å². The van der Waals surface area contributed by atoms with Gasteiger partial charge in [-0.1, -0.05) is 6.92 Å². The van der Waals surface area contributed by atoms with Crippen LogP contribution in [-0.4, -0.2) is 31.9 Å². The number of benzene rings is 1. The Morgan fingerprint density at radius 2 is 2.15 bits per heavy atom. The molecular formula is C16H19NO3. The Morgan fingerprint density at radius 1 is 1.35 bits per heavy atom. The summed E-state index contributed by atoms with van der Waals surface area (Å²) >= 11 is 0. The molecule has 0 spiro atoms. The van der Waals surface area contributed by atoms with Crippen molar-refractivity contribution in [2.45, 2.75) is 20.3 Å². The molecule has 0 aromatic heterocycles. The summed E-state index contributed by atoms with van der Waals surface area (Å²) in [5.41, 5.74) is 3.57. The standard InChI is InChI=1S/C16H19NO3/c1-4-15-14-7-6-13(19-3)9-11(14)8-12(10-17-15)16(18)20-5-2/h6-9H,4-5,10H2,1-3H3. The van der Waals surface area contributed by atoms with E-state index in [4.69, 9.17) is 9.47 Å².